The van der Waals surface area contributed by atoms with Crippen molar-refractivity contribution in [1.82, 2.24) is 16.0 Å². The molecule has 0 aromatic heterocycles. The van der Waals surface area contributed by atoms with Crippen molar-refractivity contribution in [1.29, 1.82) is 0 Å². The highest BCUT2D eigenvalue weighted by molar-refractivity contribution is 6.05. The third-order valence-electron chi connectivity index (χ3n) is 2.42. The molecule has 25 heavy (non-hydrogen) atoms. The number of primary amides is 1. The fourth-order valence-electron chi connectivity index (χ4n) is 1.38. The second-order valence-corrected chi connectivity index (χ2v) is 4.41. The van der Waals surface area contributed by atoms with Crippen LogP contribution in [0.15, 0.2) is 0 Å². The van der Waals surface area contributed by atoms with Crippen molar-refractivity contribution in [3.8, 4) is 0 Å². The van der Waals surface area contributed by atoms with Crippen LogP contribution in [0.25, 0.3) is 0 Å². The summed E-state index contributed by atoms with van der Waals surface area (Å²) in [6.45, 7) is 0. The van der Waals surface area contributed by atoms with E-state index in [4.69, 9.17) is 16.1 Å². The predicted octanol–water partition coefficient (Wildman–Crippen LogP) is -6.17. The molecule has 1 rings (SSSR count). The zero-order valence-corrected chi connectivity index (χ0v) is 12.1. The summed E-state index contributed by atoms with van der Waals surface area (Å²) in [5.41, 5.74) is 1.75. The molecule has 1 heterocycles. The summed E-state index contributed by atoms with van der Waals surface area (Å²) < 4.78 is 0. The Kier molecular flexibility index (Phi) is 7.74. The minimum Gasteiger partial charge on any atom is -0.550 e. The third kappa shape index (κ3) is 7.57. The molecule has 0 saturated carbocycles. The number of carbonyl (C=O) groups is 6. The van der Waals surface area contributed by atoms with Gasteiger partial charge in [-0.25, -0.2) is 14.4 Å². The highest BCUT2D eigenvalue weighted by Gasteiger charge is 2.33. The standard InChI is InChI=1S/C6H8O8.C4H6N4O3/c7-3(8)1-6(12,5(10)11)2-4(9)14-13;5-3(10)6-1-2(9)8-4(11)7-1/h12-13H,1-2H2,(H,7,8)(H,10,11);1H,(H3,5,6,10)(H2,7,8,9,11)/p-2. The molecule has 2 atom stereocenters. The van der Waals surface area contributed by atoms with Crippen LogP contribution >= 0.6 is 0 Å². The first-order valence-electron chi connectivity index (χ1n) is 6.06. The molecule has 0 radical (unpaired) electrons. The molecule has 5 amide bonds. The van der Waals surface area contributed by atoms with Gasteiger partial charge in [0, 0.05) is 12.4 Å². The summed E-state index contributed by atoms with van der Waals surface area (Å²) in [6, 6.07) is -1.51. The lowest BCUT2D eigenvalue weighted by Crippen LogP contribution is -2.52. The lowest BCUT2D eigenvalue weighted by Gasteiger charge is -2.27. The van der Waals surface area contributed by atoms with E-state index in [0.717, 1.165) is 0 Å². The third-order valence-corrected chi connectivity index (χ3v) is 2.42. The number of aliphatic carboxylic acids is 2. The summed E-state index contributed by atoms with van der Waals surface area (Å²) in [4.78, 5) is 65.0. The van der Waals surface area contributed by atoms with E-state index in [0.29, 0.717) is 0 Å². The molecule has 0 aliphatic carbocycles. The van der Waals surface area contributed by atoms with E-state index in [9.17, 15) is 39.0 Å². The monoisotopic (exact) mass is 364 g/mol. The Morgan fingerprint density at radius 3 is 2.12 bits per heavy atom. The van der Waals surface area contributed by atoms with E-state index < -0.39 is 60.5 Å². The number of hydrogen-bond acceptors (Lipinski definition) is 11. The fraction of sp³-hybridized carbons (Fsp3) is 0.400. The Hall–Kier alpha value is -3.46. The van der Waals surface area contributed by atoms with E-state index >= 15 is 0 Å². The second kappa shape index (κ2) is 8.99. The summed E-state index contributed by atoms with van der Waals surface area (Å²) in [5, 5.41) is 43.2. The lowest BCUT2D eigenvalue weighted by atomic mass is 9.96. The second-order valence-electron chi connectivity index (χ2n) is 4.41. The zero-order chi connectivity index (χ0) is 19.8. The van der Waals surface area contributed by atoms with Crippen LogP contribution < -0.4 is 31.9 Å². The summed E-state index contributed by atoms with van der Waals surface area (Å²) >= 11 is 0. The molecule has 0 bridgehead atoms. The van der Waals surface area contributed by atoms with E-state index in [1.807, 2.05) is 10.6 Å². The van der Waals surface area contributed by atoms with Crippen molar-refractivity contribution in [2.75, 3.05) is 0 Å². The number of carbonyl (C=O) groups excluding carboxylic acids is 6. The highest BCUT2D eigenvalue weighted by Crippen LogP contribution is 2.14. The summed E-state index contributed by atoms with van der Waals surface area (Å²) in [7, 11) is 0. The SMILES string of the molecule is NC(=O)NC1NC(=O)NC1=O.O=C([O-])CC(O)(CC(=O)OO)C(=O)[O-]. The lowest BCUT2D eigenvalue weighted by molar-refractivity contribution is -0.334. The molecule has 2 unspecified atom stereocenters. The maximum absolute atomic E-state index is 10.7. The molecule has 0 spiro atoms. The number of rotatable bonds is 6. The van der Waals surface area contributed by atoms with E-state index in [2.05, 4.69) is 10.2 Å². The average molecular weight is 364 g/mol. The Balaban J connectivity index is 0.000000472. The Labute approximate surface area is 137 Å². The first-order valence-corrected chi connectivity index (χ1v) is 6.06. The van der Waals surface area contributed by atoms with Gasteiger partial charge in [0.15, 0.2) is 6.17 Å². The molecule has 15 nitrogen and oxygen atoms in total. The van der Waals surface area contributed by atoms with Crippen molar-refractivity contribution < 1.29 is 54.2 Å². The van der Waals surface area contributed by atoms with Crippen molar-refractivity contribution in [2.45, 2.75) is 24.6 Å². The molecule has 0 aromatic rings. The number of imide groups is 1. The number of carboxylic acids is 2. The number of nitrogens with two attached hydrogens (primary N) is 1. The largest absolute Gasteiger partial charge is 0.550 e. The number of nitrogens with one attached hydrogen (secondary N) is 3. The summed E-state index contributed by atoms with van der Waals surface area (Å²) in [6.07, 6.45) is -3.63. The van der Waals surface area contributed by atoms with Crippen LogP contribution in [0.3, 0.4) is 0 Å². The average Bonchev–Trinajstić information content (AvgIpc) is 2.75. The van der Waals surface area contributed by atoms with Gasteiger partial charge in [-0.15, -0.1) is 0 Å². The van der Waals surface area contributed by atoms with Gasteiger partial charge in [0.1, 0.15) is 5.60 Å². The fourth-order valence-corrected chi connectivity index (χ4v) is 1.38. The Bertz CT molecular complexity index is 591. The van der Waals surface area contributed by atoms with Crippen molar-refractivity contribution in [3.05, 3.63) is 0 Å². The van der Waals surface area contributed by atoms with E-state index in [-0.39, 0.29) is 0 Å². The quantitative estimate of drug-likeness (QED) is 0.147. The van der Waals surface area contributed by atoms with Crippen molar-refractivity contribution in [2.24, 2.45) is 5.73 Å². The molecule has 1 saturated heterocycles. The predicted molar refractivity (Wildman–Crippen MR) is 66.1 cm³/mol. The van der Waals surface area contributed by atoms with Gasteiger partial charge in [-0.3, -0.25) is 10.1 Å². The topological polar surface area (TPSA) is 260 Å². The number of amides is 5. The molecular formula is C10H12N4O11-2. The maximum Gasteiger partial charge on any atom is 0.345 e. The van der Waals surface area contributed by atoms with Crippen LogP contribution in [0.4, 0.5) is 9.59 Å². The molecule has 1 aliphatic rings. The minimum absolute atomic E-state index is 0.617. The molecule has 1 aliphatic heterocycles. The van der Waals surface area contributed by atoms with Crippen LogP contribution in [0.2, 0.25) is 0 Å². The van der Waals surface area contributed by atoms with Gasteiger partial charge in [-0.2, -0.15) is 5.26 Å². The van der Waals surface area contributed by atoms with E-state index in [1.165, 1.54) is 0 Å². The molecule has 15 heteroatoms. The Morgan fingerprint density at radius 2 is 1.80 bits per heavy atom. The van der Waals surface area contributed by atoms with Gasteiger partial charge >= 0.3 is 18.0 Å². The van der Waals surface area contributed by atoms with Gasteiger partial charge in [0.05, 0.1) is 12.4 Å². The van der Waals surface area contributed by atoms with Gasteiger partial charge < -0.3 is 46.2 Å². The number of hydrogen-bond donors (Lipinski definition) is 6. The molecule has 1 fully saturated rings. The van der Waals surface area contributed by atoms with Gasteiger partial charge in [-0.05, 0) is 0 Å². The van der Waals surface area contributed by atoms with Crippen LogP contribution in [0.5, 0.6) is 0 Å². The van der Waals surface area contributed by atoms with Crippen LogP contribution in [-0.2, 0) is 24.1 Å². The van der Waals surface area contributed by atoms with Gasteiger partial charge in [0.25, 0.3) is 5.91 Å². The minimum atomic E-state index is -2.95. The first kappa shape index (κ1) is 21.5. The maximum atomic E-state index is 10.7. The van der Waals surface area contributed by atoms with Gasteiger partial charge in [-0.1, -0.05) is 0 Å². The number of carboxylic acid groups (broad SMARTS) is 2. The first-order chi connectivity index (χ1) is 11.4. The van der Waals surface area contributed by atoms with Crippen LogP contribution in [-0.4, -0.2) is 58.0 Å². The molecular weight excluding hydrogens is 352 g/mol. The zero-order valence-electron chi connectivity index (χ0n) is 12.1. The molecule has 140 valence electrons. The van der Waals surface area contributed by atoms with Crippen molar-refractivity contribution in [3.63, 3.8) is 0 Å². The van der Waals surface area contributed by atoms with Gasteiger partial charge in [0.2, 0.25) is 0 Å². The smallest absolute Gasteiger partial charge is 0.345 e. The Morgan fingerprint density at radius 1 is 1.24 bits per heavy atom. The van der Waals surface area contributed by atoms with Crippen LogP contribution in [0, 0.1) is 0 Å². The molecule has 7 N–H and O–H groups in total. The number of urea groups is 2. The van der Waals surface area contributed by atoms with Crippen molar-refractivity contribution >= 4 is 35.9 Å². The molecule has 0 aromatic carbocycles. The van der Waals surface area contributed by atoms with Crippen LogP contribution in [0.1, 0.15) is 12.8 Å². The summed E-state index contributed by atoms with van der Waals surface area (Å²) in [5.74, 6) is -6.18. The highest BCUT2D eigenvalue weighted by atomic mass is 17.1. The normalized spacial score (nSPS) is 17.8. The number of aliphatic hydroxyl groups is 1. The van der Waals surface area contributed by atoms with E-state index in [1.54, 1.807) is 0 Å².